The number of hydrogen-bond donors (Lipinski definition) is 2. The van der Waals surface area contributed by atoms with Crippen LogP contribution in [0.2, 0.25) is 0 Å². The monoisotopic (exact) mass is 351 g/mol. The first-order chi connectivity index (χ1) is 10.5. The predicted octanol–water partition coefficient (Wildman–Crippen LogP) is 2.48. The Labute approximate surface area is 126 Å². The van der Waals surface area contributed by atoms with Gasteiger partial charge in [-0.2, -0.15) is 18.3 Å². The summed E-state index contributed by atoms with van der Waals surface area (Å²) in [5.74, 6) is 0. The van der Waals surface area contributed by atoms with Crippen LogP contribution in [0.3, 0.4) is 0 Å². The van der Waals surface area contributed by atoms with E-state index in [1.807, 2.05) is 0 Å². The van der Waals surface area contributed by atoms with E-state index < -0.39 is 36.1 Å². The molecule has 0 atom stereocenters. The van der Waals surface area contributed by atoms with Crippen LogP contribution in [0.5, 0.6) is 0 Å². The Kier molecular flexibility index (Phi) is 4.29. The average Bonchev–Trinajstić information content (AvgIpc) is 2.83. The number of nitro groups is 1. The third kappa shape index (κ3) is 4.15. The summed E-state index contributed by atoms with van der Waals surface area (Å²) in [4.78, 5) is 27.2. The van der Waals surface area contributed by atoms with E-state index in [1.54, 1.807) is 0 Å². The molecule has 2 aromatic rings. The molecule has 1 heterocycles. The Morgan fingerprint density at radius 3 is 2.48 bits per heavy atom. The third-order valence-electron chi connectivity index (χ3n) is 2.76. The van der Waals surface area contributed by atoms with Crippen LogP contribution in [0.25, 0.3) is 5.69 Å². The van der Waals surface area contributed by atoms with Crippen LogP contribution in [0.4, 0.5) is 18.9 Å². The van der Waals surface area contributed by atoms with Crippen molar-refractivity contribution in [3.8, 4) is 5.69 Å². The van der Waals surface area contributed by atoms with Crippen molar-refractivity contribution in [1.82, 2.24) is 9.78 Å². The number of halogens is 3. The van der Waals surface area contributed by atoms with Crippen LogP contribution in [-0.2, 0) is 16.9 Å². The van der Waals surface area contributed by atoms with E-state index in [-0.39, 0.29) is 11.4 Å². The van der Waals surface area contributed by atoms with Crippen molar-refractivity contribution in [3.63, 3.8) is 0 Å². The topological polar surface area (TPSA) is 118 Å². The van der Waals surface area contributed by atoms with E-state index in [0.29, 0.717) is 12.1 Å². The molecule has 1 aromatic heterocycles. The molecule has 124 valence electrons. The zero-order valence-corrected chi connectivity index (χ0v) is 12.0. The van der Waals surface area contributed by atoms with E-state index >= 15 is 0 Å². The van der Waals surface area contributed by atoms with Gasteiger partial charge in [0, 0.05) is 12.3 Å². The molecule has 0 spiro atoms. The number of aromatic nitrogens is 2. The normalized spacial score (nSPS) is 12.4. The van der Waals surface area contributed by atoms with Crippen molar-refractivity contribution in [3.05, 3.63) is 51.8 Å². The van der Waals surface area contributed by atoms with Crippen LogP contribution in [-0.4, -0.2) is 24.5 Å². The summed E-state index contributed by atoms with van der Waals surface area (Å²) in [5, 5.41) is 14.4. The average molecular weight is 351 g/mol. The fourth-order valence-electron chi connectivity index (χ4n) is 1.85. The van der Waals surface area contributed by atoms with Crippen LogP contribution >= 0.6 is 7.60 Å². The van der Waals surface area contributed by atoms with Crippen molar-refractivity contribution >= 4 is 13.3 Å². The summed E-state index contributed by atoms with van der Waals surface area (Å²) in [7, 11) is -4.37. The fraction of sp³-hybridized carbons (Fsp3) is 0.182. The van der Waals surface area contributed by atoms with E-state index in [4.69, 9.17) is 9.79 Å². The molecule has 0 saturated carbocycles. The lowest BCUT2D eigenvalue weighted by Gasteiger charge is -2.09. The first-order valence-electron chi connectivity index (χ1n) is 5.92. The maximum atomic E-state index is 12.9. The smallest absolute Gasteiger partial charge is 0.324 e. The van der Waals surface area contributed by atoms with E-state index in [9.17, 15) is 27.9 Å². The predicted molar refractivity (Wildman–Crippen MR) is 71.0 cm³/mol. The zero-order valence-electron chi connectivity index (χ0n) is 11.1. The molecule has 23 heavy (non-hydrogen) atoms. The van der Waals surface area contributed by atoms with Gasteiger partial charge in [-0.25, -0.2) is 4.68 Å². The molecule has 0 aliphatic rings. The number of nitro benzene ring substituents is 1. The van der Waals surface area contributed by atoms with E-state index in [1.165, 1.54) is 12.3 Å². The zero-order chi connectivity index (χ0) is 17.4. The Morgan fingerprint density at radius 2 is 1.96 bits per heavy atom. The highest BCUT2D eigenvalue weighted by Gasteiger charge is 2.38. The summed E-state index contributed by atoms with van der Waals surface area (Å²) < 4.78 is 50.5. The van der Waals surface area contributed by atoms with Crippen LogP contribution < -0.4 is 0 Å². The first-order valence-corrected chi connectivity index (χ1v) is 7.72. The second-order valence-corrected chi connectivity index (χ2v) is 6.18. The van der Waals surface area contributed by atoms with E-state index in [0.717, 1.165) is 10.7 Å². The number of benzene rings is 1. The highest BCUT2D eigenvalue weighted by Crippen LogP contribution is 2.39. The molecule has 1 aromatic carbocycles. The maximum absolute atomic E-state index is 12.9. The van der Waals surface area contributed by atoms with Crippen LogP contribution in [0.1, 0.15) is 11.3 Å². The van der Waals surface area contributed by atoms with Gasteiger partial charge in [-0.1, -0.05) is 0 Å². The molecule has 2 rings (SSSR count). The first kappa shape index (κ1) is 17.1. The van der Waals surface area contributed by atoms with Gasteiger partial charge in [0.1, 0.15) is 5.56 Å². The van der Waals surface area contributed by atoms with E-state index in [2.05, 4.69) is 5.10 Å². The summed E-state index contributed by atoms with van der Waals surface area (Å²) in [6.45, 7) is 0. The molecule has 0 bridgehead atoms. The van der Waals surface area contributed by atoms with Crippen molar-refractivity contribution in [1.29, 1.82) is 0 Å². The van der Waals surface area contributed by atoms with Crippen molar-refractivity contribution < 1.29 is 32.4 Å². The van der Waals surface area contributed by atoms with Crippen molar-refractivity contribution in [2.24, 2.45) is 0 Å². The fourth-order valence-corrected chi connectivity index (χ4v) is 2.44. The van der Waals surface area contributed by atoms with Gasteiger partial charge in [0.25, 0.3) is 5.69 Å². The van der Waals surface area contributed by atoms with Gasteiger partial charge in [0.05, 0.1) is 22.5 Å². The molecule has 8 nitrogen and oxygen atoms in total. The molecule has 0 aliphatic carbocycles. The molecule has 0 aliphatic heterocycles. The van der Waals surface area contributed by atoms with Crippen LogP contribution in [0, 0.1) is 10.1 Å². The van der Waals surface area contributed by atoms with Gasteiger partial charge in [-0.15, -0.1) is 0 Å². The van der Waals surface area contributed by atoms with Gasteiger partial charge >= 0.3 is 13.8 Å². The Balaban J connectivity index is 2.45. The molecule has 0 saturated heterocycles. The summed E-state index contributed by atoms with van der Waals surface area (Å²) in [6.07, 6.45) is -4.40. The van der Waals surface area contributed by atoms with Gasteiger partial charge < -0.3 is 9.79 Å². The number of nitrogens with zero attached hydrogens (tertiary/aromatic N) is 3. The molecule has 12 heteroatoms. The molecular weight excluding hydrogens is 342 g/mol. The highest BCUT2D eigenvalue weighted by molar-refractivity contribution is 7.50. The minimum Gasteiger partial charge on any atom is -0.324 e. The quantitative estimate of drug-likeness (QED) is 0.496. The molecule has 0 amide bonds. The molecule has 2 N–H and O–H groups in total. The summed E-state index contributed by atoms with van der Waals surface area (Å²) in [6, 6.07) is 3.53. The lowest BCUT2D eigenvalue weighted by molar-refractivity contribution is -0.388. The largest absolute Gasteiger partial charge is 0.423 e. The molecule has 0 fully saturated rings. The SMILES string of the molecule is O=[N+]([O-])c1ccc(-n2ccc(CP(=O)(O)O)n2)cc1C(F)(F)F. The Bertz CT molecular complexity index is 798. The van der Waals surface area contributed by atoms with Crippen molar-refractivity contribution in [2.75, 3.05) is 0 Å². The number of hydrogen-bond acceptors (Lipinski definition) is 4. The second kappa shape index (κ2) is 5.76. The second-order valence-electron chi connectivity index (χ2n) is 4.53. The van der Waals surface area contributed by atoms with Gasteiger partial charge in [0.2, 0.25) is 0 Å². The Hall–Kier alpha value is -2.23. The minimum atomic E-state index is -4.93. The molecular formula is C11H9F3N3O5P. The minimum absolute atomic E-state index is 0.0229. The van der Waals surface area contributed by atoms with Gasteiger partial charge in [-0.05, 0) is 18.2 Å². The van der Waals surface area contributed by atoms with Gasteiger partial charge in [0.15, 0.2) is 0 Å². The van der Waals surface area contributed by atoms with Gasteiger partial charge in [-0.3, -0.25) is 14.7 Å². The number of rotatable bonds is 4. The molecule has 0 unspecified atom stereocenters. The summed E-state index contributed by atoms with van der Waals surface area (Å²) in [5.41, 5.74) is -2.68. The summed E-state index contributed by atoms with van der Waals surface area (Å²) >= 11 is 0. The lowest BCUT2D eigenvalue weighted by atomic mass is 10.1. The van der Waals surface area contributed by atoms with Crippen molar-refractivity contribution in [2.45, 2.75) is 12.3 Å². The number of alkyl halides is 3. The lowest BCUT2D eigenvalue weighted by Crippen LogP contribution is -2.10. The maximum Gasteiger partial charge on any atom is 0.423 e. The Morgan fingerprint density at radius 1 is 1.30 bits per heavy atom. The van der Waals surface area contributed by atoms with Crippen LogP contribution in [0.15, 0.2) is 30.5 Å². The highest BCUT2D eigenvalue weighted by atomic mass is 31.2. The standard InChI is InChI=1S/C11H9F3N3O5P/c12-11(13,14)9-5-8(1-2-10(9)17(18)19)16-4-3-7(15-16)6-23(20,21)22/h1-5H,6H2,(H2,20,21,22). The molecule has 0 radical (unpaired) electrons. The third-order valence-corrected chi connectivity index (χ3v) is 3.49.